The topological polar surface area (TPSA) is 118 Å². The number of hydrogen-bond donors (Lipinski definition) is 2. The lowest BCUT2D eigenvalue weighted by atomic mass is 10.1. The van der Waals surface area contributed by atoms with Gasteiger partial charge < -0.3 is 16.2 Å². The average Bonchev–Trinajstić information content (AvgIpc) is 3.01. The fourth-order valence-electron chi connectivity index (χ4n) is 2.47. The van der Waals surface area contributed by atoms with Crippen LogP contribution in [0.2, 0.25) is 0 Å². The predicted octanol–water partition coefficient (Wildman–Crippen LogP) is -0.336. The molecule has 1 aromatic rings. The molecule has 1 aliphatic carbocycles. The Morgan fingerprint density at radius 1 is 1.19 bits per heavy atom. The normalized spacial score (nSPS) is 19.5. The van der Waals surface area contributed by atoms with Crippen molar-refractivity contribution in [1.29, 1.82) is 0 Å². The van der Waals surface area contributed by atoms with Gasteiger partial charge in [0.25, 0.3) is 5.56 Å². The van der Waals surface area contributed by atoms with Crippen LogP contribution in [-0.4, -0.2) is 28.0 Å². The molecule has 0 spiro atoms. The minimum absolute atomic E-state index is 0.119. The number of aromatic nitrogens is 2. The van der Waals surface area contributed by atoms with Crippen molar-refractivity contribution in [3.8, 4) is 0 Å². The van der Waals surface area contributed by atoms with Gasteiger partial charge in [-0.15, -0.1) is 0 Å². The number of rotatable bonds is 2. The van der Waals surface area contributed by atoms with E-state index in [0.29, 0.717) is 24.6 Å². The second-order valence-electron chi connectivity index (χ2n) is 4.81. The summed E-state index contributed by atoms with van der Waals surface area (Å²) in [6, 6.07) is 0. The zero-order chi connectivity index (χ0) is 15.1. The van der Waals surface area contributed by atoms with E-state index in [1.807, 2.05) is 0 Å². The highest BCUT2D eigenvalue weighted by atomic mass is 16.5. The van der Waals surface area contributed by atoms with E-state index in [1.54, 1.807) is 9.36 Å². The number of allylic oxidation sites excluding steroid dienone is 2. The quantitative estimate of drug-likeness (QED) is 0.722. The summed E-state index contributed by atoms with van der Waals surface area (Å²) in [5.41, 5.74) is 12.1. The first-order valence-corrected chi connectivity index (χ1v) is 6.48. The molecule has 8 heteroatoms. The van der Waals surface area contributed by atoms with Crippen molar-refractivity contribution in [1.82, 2.24) is 9.36 Å². The fraction of sp³-hybridized carbons (Fsp3) is 0.308. The Hall–Kier alpha value is -2.77. The summed E-state index contributed by atoms with van der Waals surface area (Å²) in [4.78, 5) is 28.1. The molecule has 21 heavy (non-hydrogen) atoms. The Labute approximate surface area is 120 Å². The van der Waals surface area contributed by atoms with Crippen molar-refractivity contribution in [2.75, 3.05) is 12.8 Å². The minimum atomic E-state index is -0.335. The zero-order valence-corrected chi connectivity index (χ0v) is 11.5. The monoisotopic (exact) mass is 289 g/mol. The van der Waals surface area contributed by atoms with Crippen molar-refractivity contribution < 1.29 is 9.53 Å². The number of anilines is 1. The van der Waals surface area contributed by atoms with Gasteiger partial charge in [-0.2, -0.15) is 0 Å². The molecule has 3 rings (SSSR count). The van der Waals surface area contributed by atoms with Crippen LogP contribution in [0.3, 0.4) is 0 Å². The number of nitrogen functional groups attached to an aromatic ring is 1. The minimum Gasteiger partial charge on any atom is -0.493 e. The summed E-state index contributed by atoms with van der Waals surface area (Å²) in [5.74, 6) is 0.0912. The molecule has 0 saturated carbocycles. The highest BCUT2D eigenvalue weighted by Crippen LogP contribution is 2.23. The molecule has 0 aromatic carbocycles. The third-order valence-corrected chi connectivity index (χ3v) is 3.53. The lowest BCUT2D eigenvalue weighted by Gasteiger charge is -2.10. The van der Waals surface area contributed by atoms with Crippen molar-refractivity contribution in [3.05, 3.63) is 34.0 Å². The lowest BCUT2D eigenvalue weighted by molar-refractivity contribution is -0.114. The zero-order valence-electron chi connectivity index (χ0n) is 11.5. The van der Waals surface area contributed by atoms with E-state index in [-0.39, 0.29) is 28.5 Å². The maximum Gasteiger partial charge on any atom is 0.294 e. The van der Waals surface area contributed by atoms with Gasteiger partial charge in [0, 0.05) is 25.2 Å². The van der Waals surface area contributed by atoms with Crippen LogP contribution in [0.4, 0.5) is 11.5 Å². The van der Waals surface area contributed by atoms with Crippen LogP contribution < -0.4 is 17.0 Å². The summed E-state index contributed by atoms with van der Waals surface area (Å²) in [5, 5.41) is 0. The molecule has 0 amide bonds. The number of ether oxygens (including phenoxy) is 1. The molecule has 8 nitrogen and oxygen atoms in total. The Bertz CT molecular complexity index is 778. The van der Waals surface area contributed by atoms with Gasteiger partial charge in [0.1, 0.15) is 0 Å². The van der Waals surface area contributed by atoms with Gasteiger partial charge in [-0.25, -0.2) is 9.67 Å². The Morgan fingerprint density at radius 3 is 2.57 bits per heavy atom. The van der Waals surface area contributed by atoms with Crippen LogP contribution in [0.25, 0.3) is 0 Å². The van der Waals surface area contributed by atoms with Crippen LogP contribution in [-0.2, 0) is 22.6 Å². The molecule has 0 unspecified atom stereocenters. The Kier molecular flexibility index (Phi) is 2.93. The number of carbonyl (C=O) groups is 1. The number of carbonyl (C=O) groups excluding carboxylic acids is 1. The average molecular weight is 289 g/mol. The van der Waals surface area contributed by atoms with Gasteiger partial charge in [0.15, 0.2) is 17.3 Å². The summed E-state index contributed by atoms with van der Waals surface area (Å²) in [6.45, 7) is 1.31. The van der Waals surface area contributed by atoms with E-state index in [1.165, 1.54) is 19.3 Å². The van der Waals surface area contributed by atoms with Crippen molar-refractivity contribution in [3.63, 3.8) is 0 Å². The molecule has 0 bridgehead atoms. The summed E-state index contributed by atoms with van der Waals surface area (Å²) in [6.07, 6.45) is 3.50. The predicted molar refractivity (Wildman–Crippen MR) is 77.2 cm³/mol. The van der Waals surface area contributed by atoms with Crippen molar-refractivity contribution in [2.24, 2.45) is 10.7 Å². The van der Waals surface area contributed by atoms with Crippen molar-refractivity contribution in [2.45, 2.75) is 19.5 Å². The molecule has 2 heterocycles. The summed E-state index contributed by atoms with van der Waals surface area (Å²) < 4.78 is 8.22. The van der Waals surface area contributed by atoms with Crippen LogP contribution in [0.5, 0.6) is 0 Å². The van der Waals surface area contributed by atoms with Crippen LogP contribution in [0.15, 0.2) is 33.4 Å². The molecule has 0 radical (unpaired) electrons. The molecular formula is C13H15N5O3. The maximum atomic E-state index is 12.3. The van der Waals surface area contributed by atoms with Crippen LogP contribution in [0, 0.1) is 0 Å². The molecule has 2 aliphatic rings. The van der Waals surface area contributed by atoms with E-state index >= 15 is 0 Å². The molecule has 0 fully saturated rings. The second kappa shape index (κ2) is 4.65. The molecule has 1 aromatic heterocycles. The smallest absolute Gasteiger partial charge is 0.294 e. The summed E-state index contributed by atoms with van der Waals surface area (Å²) in [7, 11) is 1.38. The Morgan fingerprint density at radius 2 is 1.90 bits per heavy atom. The van der Waals surface area contributed by atoms with Gasteiger partial charge >= 0.3 is 0 Å². The number of fused-ring (bicyclic) bond motifs is 1. The third-order valence-electron chi connectivity index (χ3n) is 3.53. The molecule has 0 saturated heterocycles. The second-order valence-corrected chi connectivity index (χ2v) is 4.81. The van der Waals surface area contributed by atoms with E-state index in [0.717, 1.165) is 6.42 Å². The molecule has 0 atom stereocenters. The van der Waals surface area contributed by atoms with E-state index in [9.17, 15) is 9.59 Å². The van der Waals surface area contributed by atoms with Gasteiger partial charge in [0.2, 0.25) is 5.78 Å². The number of methoxy groups -OCH3 is 1. The third kappa shape index (κ3) is 1.95. The largest absolute Gasteiger partial charge is 0.493 e. The van der Waals surface area contributed by atoms with Gasteiger partial charge in [-0.3, -0.25) is 14.3 Å². The van der Waals surface area contributed by atoms with E-state index in [2.05, 4.69) is 4.99 Å². The molecule has 110 valence electrons. The first kappa shape index (κ1) is 13.2. The number of nitrogens with zero attached hydrogens (tertiary/aromatic N) is 3. The highest BCUT2D eigenvalue weighted by molar-refractivity contribution is 6.21. The number of ketones is 1. The van der Waals surface area contributed by atoms with Gasteiger partial charge in [-0.1, -0.05) is 0 Å². The number of aliphatic imine (C=N–C) groups is 1. The maximum absolute atomic E-state index is 12.3. The first-order chi connectivity index (χ1) is 10.0. The standard InChI is InChI=1S/C13H15N5O3/c1-21-10-6-8(7(14)5-9(10)19)16-11-12(15)17-3-2-4-18(17)13(11)20/h5-6H,2-4,14-15H2,1H3. The fourth-order valence-corrected chi connectivity index (χ4v) is 2.47. The van der Waals surface area contributed by atoms with Gasteiger partial charge in [-0.05, 0) is 6.42 Å². The van der Waals surface area contributed by atoms with Crippen molar-refractivity contribution >= 4 is 23.0 Å². The van der Waals surface area contributed by atoms with Gasteiger partial charge in [0.05, 0.1) is 18.5 Å². The van der Waals surface area contributed by atoms with E-state index < -0.39 is 0 Å². The summed E-state index contributed by atoms with van der Waals surface area (Å²) >= 11 is 0. The molecule has 1 aliphatic heterocycles. The SMILES string of the molecule is COC1=CC(=Nc2c(N)n3n(c2=O)CCC3)C(N)=CC1=O. The van der Waals surface area contributed by atoms with E-state index in [4.69, 9.17) is 16.2 Å². The number of hydrogen-bond acceptors (Lipinski definition) is 6. The Balaban J connectivity index is 2.11. The van der Waals surface area contributed by atoms with Crippen LogP contribution >= 0.6 is 0 Å². The molecular weight excluding hydrogens is 274 g/mol. The molecule has 4 N–H and O–H groups in total. The van der Waals surface area contributed by atoms with Crippen LogP contribution in [0.1, 0.15) is 6.42 Å². The first-order valence-electron chi connectivity index (χ1n) is 6.48. The highest BCUT2D eigenvalue weighted by Gasteiger charge is 2.23. The number of nitrogens with two attached hydrogens (primary N) is 2. The lowest BCUT2D eigenvalue weighted by Crippen LogP contribution is -2.20.